The van der Waals surface area contributed by atoms with Crippen LogP contribution in [0.15, 0.2) is 30.3 Å². The Labute approximate surface area is 142 Å². The fraction of sp³-hybridized carbons (Fsp3) is 0.250. The molecule has 0 aliphatic carbocycles. The molecule has 1 aromatic carbocycles. The second-order valence-electron chi connectivity index (χ2n) is 3.77. The smallest absolute Gasteiger partial charge is 0.245 e. The van der Waals surface area contributed by atoms with Crippen LogP contribution in [0.25, 0.3) is 0 Å². The Bertz CT molecular complexity index is 458. The molecular weight excluding hydrogens is 245 g/mol. The molecule has 17 heavy (non-hydrogen) atoms. The minimum Gasteiger partial charge on any atom is -0.304 e. The predicted octanol–water partition coefficient (Wildman–Crippen LogP) is 0.427. The summed E-state index contributed by atoms with van der Waals surface area (Å²) < 4.78 is 0. The minimum atomic E-state index is -1.10. The zero-order valence-electron chi connectivity index (χ0n) is 9.84. The van der Waals surface area contributed by atoms with E-state index in [4.69, 9.17) is 0 Å². The number of para-hydroxylation sites is 1. The molecule has 1 saturated heterocycles. The largest absolute Gasteiger partial charge is 0.304 e. The molecule has 1 aliphatic rings. The fourth-order valence-electron chi connectivity index (χ4n) is 1.85. The number of Topliss-reactive ketones (excluding diaryl/α,β-unsaturated/α-hetero) is 2. The number of rotatable bonds is 2. The molecule has 1 aliphatic heterocycles. The normalized spacial score (nSPS) is 19.1. The van der Waals surface area contributed by atoms with Gasteiger partial charge in [0.2, 0.25) is 5.91 Å². The quantitative estimate of drug-likeness (QED) is 0.569. The van der Waals surface area contributed by atoms with Gasteiger partial charge in [0.05, 0.1) is 6.54 Å². The first-order chi connectivity index (χ1) is 7.61. The topological polar surface area (TPSA) is 54.5 Å². The molecule has 0 spiro atoms. The van der Waals surface area contributed by atoms with Crippen molar-refractivity contribution >= 4 is 74.5 Å². The molecule has 5 heteroatoms. The van der Waals surface area contributed by atoms with Gasteiger partial charge in [-0.15, -0.1) is 0 Å². The molecule has 1 amide bonds. The Balaban J connectivity index is 0.00000144. The Morgan fingerprint density at radius 2 is 1.82 bits per heavy atom. The number of hydrogen-bond donors (Lipinski definition) is 0. The molecule has 1 unspecified atom stereocenters. The van der Waals surface area contributed by atoms with Gasteiger partial charge >= 0.3 is 0 Å². The zero-order valence-corrected chi connectivity index (χ0v) is 13.0. The van der Waals surface area contributed by atoms with E-state index in [-0.39, 0.29) is 69.5 Å². The van der Waals surface area contributed by atoms with Crippen LogP contribution in [-0.2, 0) is 14.4 Å². The number of carbonyl (C=O) groups excluding carboxylic acids is 3. The molecule has 0 saturated carbocycles. The Morgan fingerprint density at radius 3 is 2.29 bits per heavy atom. The van der Waals surface area contributed by atoms with E-state index in [1.54, 1.807) is 24.3 Å². The van der Waals surface area contributed by atoms with Crippen LogP contribution in [0.4, 0.5) is 5.69 Å². The van der Waals surface area contributed by atoms with Crippen LogP contribution < -0.4 is 4.90 Å². The van der Waals surface area contributed by atoms with Gasteiger partial charge in [0, 0.05) is 57.1 Å². The maximum absolute atomic E-state index is 11.8. The van der Waals surface area contributed by atoms with Gasteiger partial charge in [0.1, 0.15) is 5.78 Å². The van der Waals surface area contributed by atoms with E-state index < -0.39 is 11.8 Å². The van der Waals surface area contributed by atoms with Crippen LogP contribution in [0.3, 0.4) is 0 Å². The molecule has 0 bridgehead atoms. The first-order valence-electron chi connectivity index (χ1n) is 5.01. The van der Waals surface area contributed by atoms with Gasteiger partial charge in [0.25, 0.3) is 0 Å². The third-order valence-electron chi connectivity index (χ3n) is 2.62. The molecule has 1 aromatic rings. The summed E-state index contributed by atoms with van der Waals surface area (Å²) in [6.07, 6.45) is 0. The van der Waals surface area contributed by atoms with Crippen molar-refractivity contribution in [2.45, 2.75) is 6.92 Å². The average molecular weight is 256 g/mol. The van der Waals surface area contributed by atoms with Crippen LogP contribution in [0, 0.1) is 5.92 Å². The van der Waals surface area contributed by atoms with Crippen molar-refractivity contribution in [3.63, 3.8) is 0 Å². The zero-order chi connectivity index (χ0) is 11.7. The van der Waals surface area contributed by atoms with Crippen LogP contribution in [-0.4, -0.2) is 75.4 Å². The van der Waals surface area contributed by atoms with Crippen molar-refractivity contribution in [2.24, 2.45) is 5.92 Å². The van der Waals surface area contributed by atoms with Crippen molar-refractivity contribution in [3.05, 3.63) is 30.3 Å². The maximum atomic E-state index is 11.8. The summed E-state index contributed by atoms with van der Waals surface area (Å²) >= 11 is 0. The number of hydrogen-bond acceptors (Lipinski definition) is 3. The first-order valence-corrected chi connectivity index (χ1v) is 5.01. The molecule has 4 nitrogen and oxygen atoms in total. The van der Waals surface area contributed by atoms with Crippen molar-refractivity contribution in [3.8, 4) is 0 Å². The second-order valence-corrected chi connectivity index (χ2v) is 3.77. The summed E-state index contributed by atoms with van der Waals surface area (Å²) in [7, 11) is 0. The molecule has 1 heterocycles. The molecule has 83 valence electrons. The van der Waals surface area contributed by atoms with Crippen molar-refractivity contribution < 1.29 is 14.4 Å². The fourth-order valence-corrected chi connectivity index (χ4v) is 1.85. The number of carbonyl (C=O) groups is 3. The minimum absolute atomic E-state index is 0. The van der Waals surface area contributed by atoms with Gasteiger partial charge in [0.15, 0.2) is 11.7 Å². The van der Waals surface area contributed by atoms with E-state index >= 15 is 0 Å². The third-order valence-corrected chi connectivity index (χ3v) is 2.62. The first kappa shape index (κ1) is 14.7. The van der Waals surface area contributed by atoms with Crippen LogP contribution in [0.5, 0.6) is 0 Å². The van der Waals surface area contributed by atoms with E-state index in [1.165, 1.54) is 11.8 Å². The van der Waals surface area contributed by atoms with Gasteiger partial charge in [-0.3, -0.25) is 14.4 Å². The summed E-state index contributed by atoms with van der Waals surface area (Å²) in [5.41, 5.74) is 0.657. The number of benzene rings is 1. The van der Waals surface area contributed by atoms with Gasteiger partial charge in [-0.25, -0.2) is 0 Å². The Kier molecular flexibility index (Phi) is 5.21. The number of amides is 1. The molecule has 1 radical (unpaired) electrons. The maximum Gasteiger partial charge on any atom is 0.245 e. The Hall–Kier alpha value is -0.334. The molecule has 0 N–H and O–H groups in total. The molecule has 1 fully saturated rings. The number of anilines is 1. The van der Waals surface area contributed by atoms with Gasteiger partial charge in [-0.05, 0) is 19.1 Å². The van der Waals surface area contributed by atoms with Gasteiger partial charge in [-0.1, -0.05) is 18.2 Å². The van der Waals surface area contributed by atoms with Crippen molar-refractivity contribution in [1.29, 1.82) is 0 Å². The average Bonchev–Trinajstić information content (AvgIpc) is 2.55. The summed E-state index contributed by atoms with van der Waals surface area (Å²) in [5.74, 6) is -2.21. The third kappa shape index (κ3) is 2.92. The molecular formula is C12H11KNO3. The van der Waals surface area contributed by atoms with E-state index in [9.17, 15) is 14.4 Å². The SMILES string of the molecule is CC(=O)C1C(=O)CN(c2ccccc2)C1=O.[K]. The van der Waals surface area contributed by atoms with Gasteiger partial charge < -0.3 is 4.90 Å². The Morgan fingerprint density at radius 1 is 1.24 bits per heavy atom. The van der Waals surface area contributed by atoms with Crippen molar-refractivity contribution in [2.75, 3.05) is 11.4 Å². The molecule has 0 aromatic heterocycles. The second kappa shape index (κ2) is 6.02. The molecule has 1 atom stereocenters. The number of nitrogens with zero attached hydrogens (tertiary/aromatic N) is 1. The van der Waals surface area contributed by atoms with E-state index in [0.29, 0.717) is 5.69 Å². The van der Waals surface area contributed by atoms with Crippen molar-refractivity contribution in [1.82, 2.24) is 0 Å². The molecule has 2 rings (SSSR count). The van der Waals surface area contributed by atoms with Gasteiger partial charge in [-0.2, -0.15) is 0 Å². The predicted molar refractivity (Wildman–Crippen MR) is 63.7 cm³/mol. The summed E-state index contributed by atoms with van der Waals surface area (Å²) in [6, 6.07) is 8.89. The monoisotopic (exact) mass is 256 g/mol. The number of ketones is 2. The summed E-state index contributed by atoms with van der Waals surface area (Å²) in [5, 5.41) is 0. The standard InChI is InChI=1S/C12H11NO3.K/c1-8(14)11-10(15)7-13(12(11)16)9-5-3-2-4-6-9;/h2-6,11H,7H2,1H3;. The van der Waals surface area contributed by atoms with E-state index in [2.05, 4.69) is 0 Å². The van der Waals surface area contributed by atoms with Crippen LogP contribution in [0.1, 0.15) is 6.92 Å². The van der Waals surface area contributed by atoms with Crippen LogP contribution >= 0.6 is 0 Å². The van der Waals surface area contributed by atoms with E-state index in [1.807, 2.05) is 6.07 Å². The summed E-state index contributed by atoms with van der Waals surface area (Å²) in [4.78, 5) is 35.9. The van der Waals surface area contributed by atoms with Crippen LogP contribution in [0.2, 0.25) is 0 Å². The summed E-state index contributed by atoms with van der Waals surface area (Å²) in [6.45, 7) is 1.27. The van der Waals surface area contributed by atoms with E-state index in [0.717, 1.165) is 0 Å².